The van der Waals surface area contributed by atoms with Gasteiger partial charge in [0.05, 0.1) is 38.5 Å². The Morgan fingerprint density at radius 2 is 1.46 bits per heavy atom. The van der Waals surface area contributed by atoms with Gasteiger partial charge in [-0.3, -0.25) is 4.79 Å². The first-order valence-electron chi connectivity index (χ1n) is 10.3. The zero-order valence-electron chi connectivity index (χ0n) is 19.6. The number of carbonyl (C=O) groups is 1. The summed E-state index contributed by atoms with van der Waals surface area (Å²) in [4.78, 5) is 12.7. The number of anilines is 1. The SMILES string of the molecule is COc1ccc(S(=O)(=O)N(C)CC(=O)Nc2cc(Cl)ccc2Oc2ccccc2OC)cc1OC. The Kier molecular flexibility index (Phi) is 8.44. The van der Waals surface area contributed by atoms with Gasteiger partial charge in [0.2, 0.25) is 15.9 Å². The average molecular weight is 521 g/mol. The van der Waals surface area contributed by atoms with Crippen LogP contribution in [0.25, 0.3) is 0 Å². The number of nitrogens with one attached hydrogen (secondary N) is 1. The van der Waals surface area contributed by atoms with Gasteiger partial charge in [-0.05, 0) is 42.5 Å². The molecule has 0 fully saturated rings. The fourth-order valence-corrected chi connectivity index (χ4v) is 4.46. The van der Waals surface area contributed by atoms with Crippen LogP contribution in [0.1, 0.15) is 0 Å². The lowest BCUT2D eigenvalue weighted by atomic mass is 10.2. The van der Waals surface area contributed by atoms with Crippen molar-refractivity contribution in [2.75, 3.05) is 40.2 Å². The Balaban J connectivity index is 1.78. The third-order valence-electron chi connectivity index (χ3n) is 4.93. The molecule has 3 aromatic rings. The van der Waals surface area contributed by atoms with E-state index in [1.165, 1.54) is 52.6 Å². The van der Waals surface area contributed by atoms with E-state index in [9.17, 15) is 13.2 Å². The number of rotatable bonds is 10. The number of ether oxygens (including phenoxy) is 4. The Morgan fingerprint density at radius 1 is 0.857 bits per heavy atom. The van der Waals surface area contributed by atoms with Gasteiger partial charge in [-0.1, -0.05) is 23.7 Å². The predicted molar refractivity (Wildman–Crippen MR) is 133 cm³/mol. The number of sulfonamides is 1. The van der Waals surface area contributed by atoms with Crippen LogP contribution >= 0.6 is 11.6 Å². The molecule has 0 saturated heterocycles. The van der Waals surface area contributed by atoms with E-state index >= 15 is 0 Å². The van der Waals surface area contributed by atoms with Gasteiger partial charge in [0.25, 0.3) is 0 Å². The normalized spacial score (nSPS) is 11.1. The fourth-order valence-electron chi connectivity index (χ4n) is 3.14. The van der Waals surface area contributed by atoms with Crippen LogP contribution in [-0.4, -0.2) is 53.6 Å². The molecule has 3 aromatic carbocycles. The van der Waals surface area contributed by atoms with Crippen LogP contribution in [0.2, 0.25) is 5.02 Å². The smallest absolute Gasteiger partial charge is 0.243 e. The Hall–Kier alpha value is -3.47. The van der Waals surface area contributed by atoms with Crippen LogP contribution in [0.15, 0.2) is 65.6 Å². The second kappa shape index (κ2) is 11.3. The van der Waals surface area contributed by atoms with Gasteiger partial charge in [0, 0.05) is 18.1 Å². The third kappa shape index (κ3) is 6.16. The lowest BCUT2D eigenvalue weighted by molar-refractivity contribution is -0.116. The first kappa shape index (κ1) is 26.1. The summed E-state index contributed by atoms with van der Waals surface area (Å²) in [5.41, 5.74) is 0.269. The molecule has 0 aliphatic rings. The van der Waals surface area contributed by atoms with E-state index in [4.69, 9.17) is 30.5 Å². The maximum atomic E-state index is 13.0. The third-order valence-corrected chi connectivity index (χ3v) is 6.97. The molecule has 35 heavy (non-hydrogen) atoms. The highest BCUT2D eigenvalue weighted by Gasteiger charge is 2.25. The maximum Gasteiger partial charge on any atom is 0.243 e. The number of para-hydroxylation sites is 2. The predicted octanol–water partition coefficient (Wildman–Crippen LogP) is 4.42. The quantitative estimate of drug-likeness (QED) is 0.422. The van der Waals surface area contributed by atoms with Crippen LogP contribution in [-0.2, 0) is 14.8 Å². The van der Waals surface area contributed by atoms with Crippen LogP contribution in [0.3, 0.4) is 0 Å². The van der Waals surface area contributed by atoms with Crippen molar-refractivity contribution in [1.82, 2.24) is 4.31 Å². The molecule has 0 unspecified atom stereocenters. The van der Waals surface area contributed by atoms with Gasteiger partial charge in [-0.15, -0.1) is 0 Å². The summed E-state index contributed by atoms with van der Waals surface area (Å²) in [6, 6.07) is 15.9. The second-order valence-corrected chi connectivity index (χ2v) is 9.70. The minimum absolute atomic E-state index is 0.0478. The van der Waals surface area contributed by atoms with E-state index in [1.807, 2.05) is 0 Å². The summed E-state index contributed by atoms with van der Waals surface area (Å²) in [7, 11) is 1.67. The maximum absolute atomic E-state index is 13.0. The van der Waals surface area contributed by atoms with Crippen molar-refractivity contribution in [3.63, 3.8) is 0 Å². The van der Waals surface area contributed by atoms with Crippen molar-refractivity contribution in [3.05, 3.63) is 65.7 Å². The minimum atomic E-state index is -4.00. The lowest BCUT2D eigenvalue weighted by Crippen LogP contribution is -2.35. The van der Waals surface area contributed by atoms with Crippen molar-refractivity contribution in [1.29, 1.82) is 0 Å². The molecule has 3 rings (SSSR count). The molecule has 0 bridgehead atoms. The van der Waals surface area contributed by atoms with Gasteiger partial charge < -0.3 is 24.3 Å². The molecular formula is C24H25ClN2O7S. The zero-order valence-corrected chi connectivity index (χ0v) is 21.1. The number of benzene rings is 3. The van der Waals surface area contributed by atoms with Crippen LogP contribution < -0.4 is 24.3 Å². The van der Waals surface area contributed by atoms with Gasteiger partial charge >= 0.3 is 0 Å². The van der Waals surface area contributed by atoms with E-state index in [0.717, 1.165) is 4.31 Å². The summed E-state index contributed by atoms with van der Waals surface area (Å²) in [6.45, 7) is -0.461. The second-order valence-electron chi connectivity index (χ2n) is 7.22. The van der Waals surface area contributed by atoms with Gasteiger partial charge in [0.15, 0.2) is 28.7 Å². The van der Waals surface area contributed by atoms with Crippen molar-refractivity contribution < 1.29 is 32.2 Å². The Morgan fingerprint density at radius 3 is 2.11 bits per heavy atom. The van der Waals surface area contributed by atoms with Gasteiger partial charge in [-0.2, -0.15) is 4.31 Å². The van der Waals surface area contributed by atoms with E-state index in [0.29, 0.717) is 28.0 Å². The molecule has 1 N–H and O–H groups in total. The average Bonchev–Trinajstić information content (AvgIpc) is 2.85. The highest BCUT2D eigenvalue weighted by Crippen LogP contribution is 2.36. The number of carbonyl (C=O) groups excluding carboxylic acids is 1. The fraction of sp³-hybridized carbons (Fsp3) is 0.208. The molecule has 0 heterocycles. The molecule has 0 atom stereocenters. The van der Waals surface area contributed by atoms with Crippen molar-refractivity contribution >= 4 is 33.2 Å². The highest BCUT2D eigenvalue weighted by molar-refractivity contribution is 7.89. The number of halogens is 1. The first-order valence-corrected chi connectivity index (χ1v) is 12.1. The standard InChI is InChI=1S/C24H25ClN2O7S/c1-27(35(29,30)17-10-12-21(32-3)23(14-17)33-4)15-24(28)26-18-13-16(25)9-11-19(18)34-22-8-6-5-7-20(22)31-2/h5-14H,15H2,1-4H3,(H,26,28). The molecule has 0 saturated carbocycles. The molecule has 9 nitrogen and oxygen atoms in total. The molecular weight excluding hydrogens is 496 g/mol. The summed E-state index contributed by atoms with van der Waals surface area (Å²) in [5.74, 6) is 1.28. The number of methoxy groups -OCH3 is 3. The number of hydrogen-bond donors (Lipinski definition) is 1. The van der Waals surface area contributed by atoms with Crippen molar-refractivity contribution in [3.8, 4) is 28.7 Å². The molecule has 0 aromatic heterocycles. The van der Waals surface area contributed by atoms with Crippen molar-refractivity contribution in [2.45, 2.75) is 4.90 Å². The van der Waals surface area contributed by atoms with E-state index in [-0.39, 0.29) is 16.3 Å². The molecule has 0 spiro atoms. The summed E-state index contributed by atoms with van der Waals surface area (Å²) in [6.07, 6.45) is 0. The van der Waals surface area contributed by atoms with Gasteiger partial charge in [-0.25, -0.2) is 8.42 Å². The van der Waals surface area contributed by atoms with Gasteiger partial charge in [0.1, 0.15) is 0 Å². The van der Waals surface area contributed by atoms with E-state index in [1.54, 1.807) is 36.4 Å². The number of amides is 1. The van der Waals surface area contributed by atoms with Crippen LogP contribution in [0.5, 0.6) is 28.7 Å². The van der Waals surface area contributed by atoms with E-state index < -0.39 is 22.5 Å². The number of hydrogen-bond acceptors (Lipinski definition) is 7. The van der Waals surface area contributed by atoms with E-state index in [2.05, 4.69) is 5.32 Å². The zero-order chi connectivity index (χ0) is 25.6. The highest BCUT2D eigenvalue weighted by atomic mass is 35.5. The molecule has 186 valence electrons. The van der Waals surface area contributed by atoms with Crippen LogP contribution in [0, 0.1) is 0 Å². The molecule has 0 aliphatic carbocycles. The lowest BCUT2D eigenvalue weighted by Gasteiger charge is -2.19. The molecule has 0 aliphatic heterocycles. The first-order chi connectivity index (χ1) is 16.7. The largest absolute Gasteiger partial charge is 0.493 e. The topological polar surface area (TPSA) is 103 Å². The minimum Gasteiger partial charge on any atom is -0.493 e. The Labute approximate surface area is 209 Å². The monoisotopic (exact) mass is 520 g/mol. The van der Waals surface area contributed by atoms with Crippen LogP contribution in [0.4, 0.5) is 5.69 Å². The number of likely N-dealkylation sites (N-methyl/N-ethyl adjacent to an activating group) is 1. The number of nitrogens with zero attached hydrogens (tertiary/aromatic N) is 1. The summed E-state index contributed by atoms with van der Waals surface area (Å²) < 4.78 is 48.5. The molecule has 1 amide bonds. The summed E-state index contributed by atoms with van der Waals surface area (Å²) in [5, 5.41) is 3.02. The summed E-state index contributed by atoms with van der Waals surface area (Å²) >= 11 is 6.11. The Bertz CT molecular complexity index is 1310. The van der Waals surface area contributed by atoms with Crippen molar-refractivity contribution in [2.24, 2.45) is 0 Å². The molecule has 11 heteroatoms. The molecule has 0 radical (unpaired) electrons.